The normalized spacial score (nSPS) is 11.9. The van der Waals surface area contributed by atoms with E-state index in [0.717, 1.165) is 15.4 Å². The number of benzene rings is 1. The van der Waals surface area contributed by atoms with Crippen molar-refractivity contribution < 1.29 is 5.11 Å². The first-order chi connectivity index (χ1) is 9.24. The van der Waals surface area contributed by atoms with Gasteiger partial charge < -0.3 is 5.11 Å². The Kier molecular flexibility index (Phi) is 4.83. The molecule has 0 aliphatic carbocycles. The minimum atomic E-state index is -0.625. The predicted octanol–water partition coefficient (Wildman–Crippen LogP) is 4.09. The predicted molar refractivity (Wildman–Crippen MR) is 84.2 cm³/mol. The first-order valence-corrected chi connectivity index (χ1v) is 6.95. The lowest BCUT2D eigenvalue weighted by Gasteiger charge is -2.08. The highest BCUT2D eigenvalue weighted by molar-refractivity contribution is 7.14. The highest BCUT2D eigenvalue weighted by Crippen LogP contribution is 2.30. The molecule has 3 nitrogen and oxygen atoms in total. The second-order valence-corrected chi connectivity index (χ2v) is 5.63. The van der Waals surface area contributed by atoms with E-state index >= 15 is 0 Å². The van der Waals surface area contributed by atoms with Crippen LogP contribution in [-0.4, -0.2) is 14.7 Å². The Morgan fingerprint density at radius 1 is 1.15 bits per heavy atom. The van der Waals surface area contributed by atoms with E-state index in [9.17, 15) is 5.11 Å². The lowest BCUT2D eigenvalue weighted by Crippen LogP contribution is -1.96. The highest BCUT2D eigenvalue weighted by atomic mass is 35.5. The van der Waals surface area contributed by atoms with Crippen molar-refractivity contribution in [3.8, 4) is 5.00 Å². The number of hydrogen-bond donors (Lipinski definition) is 1. The standard InChI is InChI=1S/C14H11ClN2OS.ClH/c15-11-3-1-10(2-4-11)14(18)12-5-6-13(19-12)17-8-7-16-9-17;/h1-9,14,18H;1H. The summed E-state index contributed by atoms with van der Waals surface area (Å²) in [6.07, 6.45) is 4.73. The molecule has 3 rings (SSSR count). The van der Waals surface area contributed by atoms with E-state index in [1.165, 1.54) is 11.3 Å². The Bertz CT molecular complexity index is 665. The lowest BCUT2D eigenvalue weighted by atomic mass is 10.1. The van der Waals surface area contributed by atoms with Crippen LogP contribution in [0, 0.1) is 0 Å². The van der Waals surface area contributed by atoms with Crippen LogP contribution in [0.3, 0.4) is 0 Å². The highest BCUT2D eigenvalue weighted by Gasteiger charge is 2.13. The van der Waals surface area contributed by atoms with Crippen molar-refractivity contribution in [3.05, 3.63) is 70.6 Å². The minimum absolute atomic E-state index is 0. The fourth-order valence-corrected chi connectivity index (χ4v) is 2.93. The number of aliphatic hydroxyl groups excluding tert-OH is 1. The molecular weight excluding hydrogens is 315 g/mol. The van der Waals surface area contributed by atoms with E-state index < -0.39 is 6.10 Å². The van der Waals surface area contributed by atoms with Gasteiger partial charge in [-0.15, -0.1) is 23.7 Å². The van der Waals surface area contributed by atoms with Crippen LogP contribution in [0.2, 0.25) is 5.02 Å². The number of imidazole rings is 1. The van der Waals surface area contributed by atoms with Gasteiger partial charge in [0.05, 0.1) is 6.33 Å². The third-order valence-electron chi connectivity index (χ3n) is 2.83. The zero-order valence-corrected chi connectivity index (χ0v) is 12.7. The zero-order valence-electron chi connectivity index (χ0n) is 10.3. The largest absolute Gasteiger partial charge is 0.383 e. The molecule has 0 spiro atoms. The van der Waals surface area contributed by atoms with Crippen LogP contribution in [0.25, 0.3) is 5.00 Å². The van der Waals surface area contributed by atoms with E-state index in [-0.39, 0.29) is 12.4 Å². The Morgan fingerprint density at radius 2 is 1.90 bits per heavy atom. The van der Waals surface area contributed by atoms with Crippen molar-refractivity contribution in [1.82, 2.24) is 9.55 Å². The van der Waals surface area contributed by atoms with Gasteiger partial charge in [-0.25, -0.2) is 4.98 Å². The smallest absolute Gasteiger partial charge is 0.113 e. The van der Waals surface area contributed by atoms with Crippen LogP contribution < -0.4 is 0 Å². The van der Waals surface area contributed by atoms with E-state index in [0.29, 0.717) is 5.02 Å². The molecule has 0 saturated heterocycles. The average molecular weight is 327 g/mol. The first-order valence-electron chi connectivity index (χ1n) is 5.75. The zero-order chi connectivity index (χ0) is 13.2. The van der Waals surface area contributed by atoms with Crippen LogP contribution in [-0.2, 0) is 0 Å². The SMILES string of the molecule is Cl.OC(c1ccc(Cl)cc1)c1ccc(-n2ccnc2)s1. The van der Waals surface area contributed by atoms with Crippen molar-refractivity contribution >= 4 is 35.3 Å². The summed E-state index contributed by atoms with van der Waals surface area (Å²) < 4.78 is 1.92. The number of rotatable bonds is 3. The number of nitrogens with zero attached hydrogens (tertiary/aromatic N) is 2. The van der Waals surface area contributed by atoms with E-state index in [1.807, 2.05) is 35.0 Å². The summed E-state index contributed by atoms with van der Waals surface area (Å²) in [7, 11) is 0. The summed E-state index contributed by atoms with van der Waals surface area (Å²) in [5.74, 6) is 0. The van der Waals surface area contributed by atoms with E-state index in [4.69, 9.17) is 11.6 Å². The molecule has 2 aromatic heterocycles. The van der Waals surface area contributed by atoms with Gasteiger partial charge in [0.15, 0.2) is 0 Å². The Hall–Kier alpha value is -1.33. The van der Waals surface area contributed by atoms with Crippen molar-refractivity contribution in [3.63, 3.8) is 0 Å². The van der Waals surface area contributed by atoms with Gasteiger partial charge in [0.1, 0.15) is 11.1 Å². The molecule has 1 unspecified atom stereocenters. The maximum atomic E-state index is 10.3. The molecule has 1 aromatic carbocycles. The van der Waals surface area contributed by atoms with Crippen LogP contribution in [0.5, 0.6) is 0 Å². The van der Waals surface area contributed by atoms with Gasteiger partial charge in [0.25, 0.3) is 0 Å². The molecular formula is C14H12Cl2N2OS. The molecule has 0 bridgehead atoms. The van der Waals surface area contributed by atoms with Gasteiger partial charge in [0.2, 0.25) is 0 Å². The van der Waals surface area contributed by atoms with Crippen molar-refractivity contribution in [1.29, 1.82) is 0 Å². The molecule has 0 aliphatic rings. The molecule has 0 fully saturated rings. The van der Waals surface area contributed by atoms with Crippen molar-refractivity contribution in [2.75, 3.05) is 0 Å². The van der Waals surface area contributed by atoms with Crippen LogP contribution >= 0.6 is 35.3 Å². The van der Waals surface area contributed by atoms with E-state index in [2.05, 4.69) is 4.98 Å². The molecule has 1 N–H and O–H groups in total. The Morgan fingerprint density at radius 3 is 2.55 bits per heavy atom. The maximum Gasteiger partial charge on any atom is 0.113 e. The topological polar surface area (TPSA) is 38.0 Å². The molecule has 104 valence electrons. The third kappa shape index (κ3) is 3.04. The summed E-state index contributed by atoms with van der Waals surface area (Å²) in [6.45, 7) is 0. The number of aromatic nitrogens is 2. The van der Waals surface area contributed by atoms with Gasteiger partial charge in [0, 0.05) is 22.3 Å². The van der Waals surface area contributed by atoms with Gasteiger partial charge >= 0.3 is 0 Å². The number of aliphatic hydroxyl groups is 1. The molecule has 1 atom stereocenters. The quantitative estimate of drug-likeness (QED) is 0.787. The number of hydrogen-bond acceptors (Lipinski definition) is 3. The van der Waals surface area contributed by atoms with Gasteiger partial charge in [-0.3, -0.25) is 4.57 Å². The summed E-state index contributed by atoms with van der Waals surface area (Å²) in [6, 6.07) is 11.1. The maximum absolute atomic E-state index is 10.3. The van der Waals surface area contributed by atoms with Crippen LogP contribution in [0.1, 0.15) is 16.5 Å². The van der Waals surface area contributed by atoms with Gasteiger partial charge in [-0.2, -0.15) is 0 Å². The third-order valence-corrected chi connectivity index (χ3v) is 4.23. The monoisotopic (exact) mass is 326 g/mol. The summed E-state index contributed by atoms with van der Waals surface area (Å²) >= 11 is 7.38. The fraction of sp³-hybridized carbons (Fsp3) is 0.0714. The molecule has 0 aliphatic heterocycles. The fourth-order valence-electron chi connectivity index (χ4n) is 1.83. The molecule has 0 amide bonds. The minimum Gasteiger partial charge on any atom is -0.383 e. The first kappa shape index (κ1) is 15.1. The number of halogens is 2. The average Bonchev–Trinajstić information content (AvgIpc) is 3.10. The summed E-state index contributed by atoms with van der Waals surface area (Å²) in [4.78, 5) is 4.91. The van der Waals surface area contributed by atoms with Gasteiger partial charge in [-0.1, -0.05) is 23.7 Å². The Labute approximate surface area is 131 Å². The second kappa shape index (κ2) is 6.41. The molecule has 0 radical (unpaired) electrons. The van der Waals surface area contributed by atoms with Gasteiger partial charge in [-0.05, 0) is 29.8 Å². The van der Waals surface area contributed by atoms with Crippen LogP contribution in [0.15, 0.2) is 55.1 Å². The van der Waals surface area contributed by atoms with Crippen molar-refractivity contribution in [2.24, 2.45) is 0 Å². The Balaban J connectivity index is 0.00000147. The molecule has 3 aromatic rings. The lowest BCUT2D eigenvalue weighted by molar-refractivity contribution is 0.224. The van der Waals surface area contributed by atoms with Crippen molar-refractivity contribution in [2.45, 2.75) is 6.10 Å². The molecule has 0 saturated carbocycles. The number of thiophene rings is 1. The van der Waals surface area contributed by atoms with E-state index in [1.54, 1.807) is 24.7 Å². The molecule has 6 heteroatoms. The summed E-state index contributed by atoms with van der Waals surface area (Å²) in [5.41, 5.74) is 0.837. The van der Waals surface area contributed by atoms with Crippen LogP contribution in [0.4, 0.5) is 0 Å². The molecule has 20 heavy (non-hydrogen) atoms. The second-order valence-electron chi connectivity index (χ2n) is 4.10. The summed E-state index contributed by atoms with van der Waals surface area (Å²) in [5, 5.41) is 12.0. The molecule has 2 heterocycles.